The van der Waals surface area contributed by atoms with Crippen LogP contribution in [0, 0.1) is 5.92 Å². The molecular formula is C17H34N2O. The van der Waals surface area contributed by atoms with Crippen LogP contribution in [0.3, 0.4) is 0 Å². The molecule has 0 radical (unpaired) electrons. The molecule has 3 nitrogen and oxygen atoms in total. The molecule has 2 fully saturated rings. The summed E-state index contributed by atoms with van der Waals surface area (Å²) in [7, 11) is 0. The fourth-order valence-corrected chi connectivity index (χ4v) is 4.05. The lowest BCUT2D eigenvalue weighted by atomic mass is 9.80. The van der Waals surface area contributed by atoms with Crippen LogP contribution in [0.5, 0.6) is 0 Å². The molecule has 1 aliphatic heterocycles. The lowest BCUT2D eigenvalue weighted by Gasteiger charge is -2.45. The van der Waals surface area contributed by atoms with Crippen molar-refractivity contribution in [2.75, 3.05) is 26.2 Å². The van der Waals surface area contributed by atoms with Crippen LogP contribution >= 0.6 is 0 Å². The van der Waals surface area contributed by atoms with Crippen LogP contribution in [0.2, 0.25) is 0 Å². The summed E-state index contributed by atoms with van der Waals surface area (Å²) in [5, 5.41) is 10.4. The summed E-state index contributed by atoms with van der Waals surface area (Å²) in [4.78, 5) is 5.18. The molecule has 1 saturated heterocycles. The van der Waals surface area contributed by atoms with Crippen molar-refractivity contribution in [3.8, 4) is 0 Å². The van der Waals surface area contributed by atoms with Crippen molar-refractivity contribution in [3.05, 3.63) is 0 Å². The number of piperazine rings is 1. The van der Waals surface area contributed by atoms with Gasteiger partial charge in [-0.15, -0.1) is 0 Å². The first kappa shape index (κ1) is 16.3. The van der Waals surface area contributed by atoms with Crippen molar-refractivity contribution >= 4 is 0 Å². The van der Waals surface area contributed by atoms with Crippen molar-refractivity contribution < 1.29 is 5.11 Å². The number of nitrogens with zero attached hydrogens (tertiary/aromatic N) is 2. The van der Waals surface area contributed by atoms with E-state index in [1.807, 2.05) is 0 Å². The third-order valence-corrected chi connectivity index (χ3v) is 5.62. The van der Waals surface area contributed by atoms with E-state index in [-0.39, 0.29) is 6.10 Å². The van der Waals surface area contributed by atoms with Crippen LogP contribution in [0.25, 0.3) is 0 Å². The van der Waals surface area contributed by atoms with Gasteiger partial charge < -0.3 is 5.11 Å². The fraction of sp³-hybridized carbons (Fsp3) is 1.00. The van der Waals surface area contributed by atoms with E-state index in [2.05, 4.69) is 30.6 Å². The van der Waals surface area contributed by atoms with Crippen LogP contribution in [-0.4, -0.2) is 59.3 Å². The Bertz CT molecular complexity index is 276. The van der Waals surface area contributed by atoms with E-state index in [0.29, 0.717) is 12.1 Å². The third kappa shape index (κ3) is 3.96. The Labute approximate surface area is 125 Å². The van der Waals surface area contributed by atoms with Gasteiger partial charge in [0.1, 0.15) is 0 Å². The van der Waals surface area contributed by atoms with Gasteiger partial charge in [0.25, 0.3) is 0 Å². The molecule has 1 aliphatic carbocycles. The first-order valence-corrected chi connectivity index (χ1v) is 8.81. The molecule has 0 bridgehead atoms. The minimum absolute atomic E-state index is 0.0849. The topological polar surface area (TPSA) is 26.7 Å². The minimum atomic E-state index is -0.0849. The highest BCUT2D eigenvalue weighted by Gasteiger charge is 2.34. The van der Waals surface area contributed by atoms with Crippen LogP contribution in [0.1, 0.15) is 59.3 Å². The Morgan fingerprint density at radius 3 is 2.40 bits per heavy atom. The largest absolute Gasteiger partial charge is 0.391 e. The highest BCUT2D eigenvalue weighted by Crippen LogP contribution is 2.31. The van der Waals surface area contributed by atoms with Gasteiger partial charge >= 0.3 is 0 Å². The van der Waals surface area contributed by atoms with E-state index in [1.54, 1.807) is 0 Å². The molecule has 0 aromatic heterocycles. The molecule has 0 aromatic carbocycles. The molecule has 1 N–H and O–H groups in total. The van der Waals surface area contributed by atoms with Gasteiger partial charge in [0.2, 0.25) is 0 Å². The number of rotatable bonds is 5. The standard InChI is InChI=1S/C17H34N2O/c1-4-6-15-7-8-17(20)16(13-15)19-11-9-18(10-12-19)14(3)5-2/h14-17,20H,4-13H2,1-3H3. The zero-order valence-electron chi connectivity index (χ0n) is 13.7. The predicted octanol–water partition coefficient (Wildman–Crippen LogP) is 2.73. The number of aliphatic hydroxyl groups is 1. The van der Waals surface area contributed by atoms with E-state index < -0.39 is 0 Å². The average molecular weight is 282 g/mol. The smallest absolute Gasteiger partial charge is 0.0695 e. The first-order chi connectivity index (χ1) is 9.65. The normalized spacial score (nSPS) is 35.1. The Kier molecular flexibility index (Phi) is 6.31. The predicted molar refractivity (Wildman–Crippen MR) is 84.9 cm³/mol. The highest BCUT2D eigenvalue weighted by atomic mass is 16.3. The third-order valence-electron chi connectivity index (χ3n) is 5.62. The highest BCUT2D eigenvalue weighted by molar-refractivity contribution is 4.89. The van der Waals surface area contributed by atoms with Gasteiger partial charge in [-0.2, -0.15) is 0 Å². The number of hydrogen-bond donors (Lipinski definition) is 1. The lowest BCUT2D eigenvalue weighted by Crippen LogP contribution is -2.56. The second-order valence-corrected chi connectivity index (χ2v) is 6.93. The zero-order chi connectivity index (χ0) is 14.5. The summed E-state index contributed by atoms with van der Waals surface area (Å²) in [6.07, 6.45) is 7.26. The Morgan fingerprint density at radius 1 is 1.10 bits per heavy atom. The SMILES string of the molecule is CCCC1CCC(O)C(N2CCN(C(C)CC)CC2)C1. The summed E-state index contributed by atoms with van der Waals surface area (Å²) < 4.78 is 0. The van der Waals surface area contributed by atoms with Crippen LogP contribution in [0.4, 0.5) is 0 Å². The zero-order valence-corrected chi connectivity index (χ0v) is 13.7. The second-order valence-electron chi connectivity index (χ2n) is 6.93. The summed E-state index contributed by atoms with van der Waals surface area (Å²) >= 11 is 0. The van der Waals surface area contributed by atoms with E-state index >= 15 is 0 Å². The molecule has 3 heteroatoms. The minimum Gasteiger partial charge on any atom is -0.391 e. The summed E-state index contributed by atoms with van der Waals surface area (Å²) in [6.45, 7) is 11.5. The Balaban J connectivity index is 1.85. The number of aliphatic hydroxyl groups excluding tert-OH is 1. The summed E-state index contributed by atoms with van der Waals surface area (Å²) in [5.74, 6) is 0.848. The molecule has 4 unspecified atom stereocenters. The Morgan fingerprint density at radius 2 is 1.80 bits per heavy atom. The molecule has 1 saturated carbocycles. The van der Waals surface area contributed by atoms with Crippen molar-refractivity contribution in [2.45, 2.75) is 77.5 Å². The maximum atomic E-state index is 10.4. The maximum absolute atomic E-state index is 10.4. The first-order valence-electron chi connectivity index (χ1n) is 8.81. The molecule has 118 valence electrons. The average Bonchev–Trinajstić information content (AvgIpc) is 2.49. The van der Waals surface area contributed by atoms with Gasteiger partial charge in [0.15, 0.2) is 0 Å². The molecule has 0 spiro atoms. The Hall–Kier alpha value is -0.120. The quantitative estimate of drug-likeness (QED) is 0.840. The van der Waals surface area contributed by atoms with Crippen LogP contribution in [-0.2, 0) is 0 Å². The van der Waals surface area contributed by atoms with Gasteiger partial charge in [-0.25, -0.2) is 0 Å². The van der Waals surface area contributed by atoms with Crippen molar-refractivity contribution in [1.82, 2.24) is 9.80 Å². The molecule has 0 amide bonds. The van der Waals surface area contributed by atoms with E-state index in [9.17, 15) is 5.11 Å². The fourth-order valence-electron chi connectivity index (χ4n) is 4.05. The van der Waals surface area contributed by atoms with Gasteiger partial charge in [-0.1, -0.05) is 26.7 Å². The van der Waals surface area contributed by atoms with Crippen molar-refractivity contribution in [2.24, 2.45) is 5.92 Å². The maximum Gasteiger partial charge on any atom is 0.0695 e. The molecule has 20 heavy (non-hydrogen) atoms. The molecule has 0 aromatic rings. The molecule has 4 atom stereocenters. The monoisotopic (exact) mass is 282 g/mol. The van der Waals surface area contributed by atoms with Crippen LogP contribution < -0.4 is 0 Å². The second kappa shape index (κ2) is 7.77. The lowest BCUT2D eigenvalue weighted by molar-refractivity contribution is -0.0231. The van der Waals surface area contributed by atoms with E-state index in [4.69, 9.17) is 0 Å². The van der Waals surface area contributed by atoms with Crippen molar-refractivity contribution in [3.63, 3.8) is 0 Å². The van der Waals surface area contributed by atoms with Gasteiger partial charge in [-0.05, 0) is 38.5 Å². The van der Waals surface area contributed by atoms with Crippen LogP contribution in [0.15, 0.2) is 0 Å². The molecule has 1 heterocycles. The van der Waals surface area contributed by atoms with Crippen molar-refractivity contribution in [1.29, 1.82) is 0 Å². The van der Waals surface area contributed by atoms with Gasteiger partial charge in [0, 0.05) is 38.3 Å². The molecule has 2 rings (SSSR count). The van der Waals surface area contributed by atoms with Gasteiger partial charge in [0.05, 0.1) is 6.10 Å². The van der Waals surface area contributed by atoms with Gasteiger partial charge in [-0.3, -0.25) is 9.80 Å². The molecule has 2 aliphatic rings. The summed E-state index contributed by atoms with van der Waals surface area (Å²) in [5.41, 5.74) is 0. The van der Waals surface area contributed by atoms with E-state index in [0.717, 1.165) is 25.4 Å². The number of hydrogen-bond acceptors (Lipinski definition) is 3. The molecular weight excluding hydrogens is 248 g/mol. The van der Waals surface area contributed by atoms with E-state index in [1.165, 1.54) is 45.2 Å². The summed E-state index contributed by atoms with van der Waals surface area (Å²) in [6, 6.07) is 1.14.